The van der Waals surface area contributed by atoms with E-state index in [4.69, 9.17) is 18.0 Å². The fourth-order valence-corrected chi connectivity index (χ4v) is 2.13. The van der Waals surface area contributed by atoms with Gasteiger partial charge in [-0.05, 0) is 17.9 Å². The predicted octanol–water partition coefficient (Wildman–Crippen LogP) is 3.72. The third-order valence-electron chi connectivity index (χ3n) is 3.74. The molecule has 0 saturated heterocycles. The lowest BCUT2D eigenvalue weighted by atomic mass is 9.90. The molecule has 0 fully saturated rings. The third kappa shape index (κ3) is 3.07. The highest BCUT2D eigenvalue weighted by atomic mass is 32.1. The highest BCUT2D eigenvalue weighted by Gasteiger charge is 2.17. The number of para-hydroxylation sites is 1. The van der Waals surface area contributed by atoms with E-state index in [1.165, 1.54) is 0 Å². The van der Waals surface area contributed by atoms with Crippen LogP contribution >= 0.6 is 12.2 Å². The molecule has 0 amide bonds. The molecule has 2 aromatic rings. The maximum atomic E-state index is 5.83. The molecule has 1 heterocycles. The van der Waals surface area contributed by atoms with Crippen LogP contribution in [0.5, 0.6) is 0 Å². The van der Waals surface area contributed by atoms with Crippen molar-refractivity contribution in [2.24, 2.45) is 11.1 Å². The molecular weight excluding hydrogens is 266 g/mol. The van der Waals surface area contributed by atoms with Gasteiger partial charge < -0.3 is 11.1 Å². The van der Waals surface area contributed by atoms with E-state index in [0.29, 0.717) is 4.99 Å². The molecule has 0 aliphatic rings. The number of aromatic nitrogens is 1. The summed E-state index contributed by atoms with van der Waals surface area (Å²) in [5.74, 6) is 0. The number of hydrogen-bond acceptors (Lipinski definition) is 3. The standard InChI is InChI=1S/C16H21N3S/c1-4-16(2,3)10-19-14-11-7-5-6-8-13(11)18-9-12(14)15(17)20/h5-9H,4,10H2,1-3H3,(H2,17,20)(H,18,19). The Labute approximate surface area is 125 Å². The maximum Gasteiger partial charge on any atom is 0.107 e. The smallest absolute Gasteiger partial charge is 0.107 e. The molecule has 106 valence electrons. The Bertz CT molecular complexity index is 635. The largest absolute Gasteiger partial charge is 0.389 e. The topological polar surface area (TPSA) is 50.9 Å². The summed E-state index contributed by atoms with van der Waals surface area (Å²) in [7, 11) is 0. The summed E-state index contributed by atoms with van der Waals surface area (Å²) < 4.78 is 0. The molecular formula is C16H21N3S. The van der Waals surface area contributed by atoms with E-state index in [-0.39, 0.29) is 5.41 Å². The molecule has 0 unspecified atom stereocenters. The van der Waals surface area contributed by atoms with E-state index < -0.39 is 0 Å². The molecule has 20 heavy (non-hydrogen) atoms. The van der Waals surface area contributed by atoms with E-state index in [2.05, 4.69) is 31.1 Å². The first-order chi connectivity index (χ1) is 9.44. The average Bonchev–Trinajstić information content (AvgIpc) is 2.44. The lowest BCUT2D eigenvalue weighted by Crippen LogP contribution is -2.24. The van der Waals surface area contributed by atoms with Crippen LogP contribution in [0.4, 0.5) is 5.69 Å². The van der Waals surface area contributed by atoms with E-state index in [1.54, 1.807) is 6.20 Å². The molecule has 0 saturated carbocycles. The molecule has 0 spiro atoms. The maximum absolute atomic E-state index is 5.83. The van der Waals surface area contributed by atoms with Crippen LogP contribution in [0, 0.1) is 5.41 Å². The van der Waals surface area contributed by atoms with Crippen molar-refractivity contribution in [2.75, 3.05) is 11.9 Å². The van der Waals surface area contributed by atoms with Gasteiger partial charge in [-0.1, -0.05) is 51.2 Å². The number of fused-ring (bicyclic) bond motifs is 1. The summed E-state index contributed by atoms with van der Waals surface area (Å²) in [6.07, 6.45) is 2.86. The number of benzene rings is 1. The Balaban J connectivity index is 2.47. The molecule has 0 radical (unpaired) electrons. The van der Waals surface area contributed by atoms with Crippen LogP contribution < -0.4 is 11.1 Å². The van der Waals surface area contributed by atoms with Gasteiger partial charge in [0.05, 0.1) is 16.8 Å². The molecule has 1 aromatic carbocycles. The van der Waals surface area contributed by atoms with Gasteiger partial charge in [0, 0.05) is 18.1 Å². The first-order valence-electron chi connectivity index (χ1n) is 6.86. The number of nitrogens with two attached hydrogens (primary N) is 1. The Morgan fingerprint density at radius 2 is 2.05 bits per heavy atom. The summed E-state index contributed by atoms with van der Waals surface area (Å²) in [4.78, 5) is 4.80. The summed E-state index contributed by atoms with van der Waals surface area (Å²) in [6.45, 7) is 7.54. The minimum Gasteiger partial charge on any atom is -0.389 e. The average molecular weight is 287 g/mol. The van der Waals surface area contributed by atoms with Gasteiger partial charge in [0.25, 0.3) is 0 Å². The van der Waals surface area contributed by atoms with Crippen molar-refractivity contribution in [1.82, 2.24) is 4.98 Å². The molecule has 3 nitrogen and oxygen atoms in total. The van der Waals surface area contributed by atoms with Gasteiger partial charge in [-0.2, -0.15) is 0 Å². The first-order valence-corrected chi connectivity index (χ1v) is 7.27. The minimum absolute atomic E-state index is 0.220. The van der Waals surface area contributed by atoms with Gasteiger partial charge in [0.1, 0.15) is 4.99 Å². The zero-order valence-electron chi connectivity index (χ0n) is 12.2. The Morgan fingerprint density at radius 3 is 2.70 bits per heavy atom. The zero-order valence-corrected chi connectivity index (χ0v) is 13.1. The molecule has 1 aromatic heterocycles. The fraction of sp³-hybridized carbons (Fsp3) is 0.375. The first kappa shape index (κ1) is 14.7. The van der Waals surface area contributed by atoms with Crippen LogP contribution in [0.2, 0.25) is 0 Å². The van der Waals surface area contributed by atoms with Crippen molar-refractivity contribution in [3.05, 3.63) is 36.0 Å². The van der Waals surface area contributed by atoms with Gasteiger partial charge >= 0.3 is 0 Å². The third-order valence-corrected chi connectivity index (χ3v) is 3.96. The molecule has 3 N–H and O–H groups in total. The van der Waals surface area contributed by atoms with Crippen LogP contribution in [0.15, 0.2) is 30.5 Å². The monoisotopic (exact) mass is 287 g/mol. The van der Waals surface area contributed by atoms with Crippen LogP contribution in [0.1, 0.15) is 32.8 Å². The van der Waals surface area contributed by atoms with E-state index >= 15 is 0 Å². The van der Waals surface area contributed by atoms with Gasteiger partial charge in [-0.3, -0.25) is 4.98 Å². The summed E-state index contributed by atoms with van der Waals surface area (Å²) in [6, 6.07) is 8.03. The highest BCUT2D eigenvalue weighted by molar-refractivity contribution is 7.80. The second-order valence-electron chi connectivity index (χ2n) is 5.80. The lowest BCUT2D eigenvalue weighted by molar-refractivity contribution is 0.377. The number of nitrogens with zero attached hydrogens (tertiary/aromatic N) is 1. The van der Waals surface area contributed by atoms with Crippen molar-refractivity contribution < 1.29 is 0 Å². The van der Waals surface area contributed by atoms with Crippen molar-refractivity contribution in [2.45, 2.75) is 27.2 Å². The number of hydrogen-bond donors (Lipinski definition) is 2. The minimum atomic E-state index is 0.220. The van der Waals surface area contributed by atoms with Crippen LogP contribution in [-0.4, -0.2) is 16.5 Å². The highest BCUT2D eigenvalue weighted by Crippen LogP contribution is 2.28. The molecule has 0 aliphatic carbocycles. The SMILES string of the molecule is CCC(C)(C)CNc1c(C(N)=S)cnc2ccccc12. The number of pyridine rings is 1. The second kappa shape index (κ2) is 5.75. The van der Waals surface area contributed by atoms with Gasteiger partial charge in [-0.25, -0.2) is 0 Å². The van der Waals surface area contributed by atoms with Crippen LogP contribution in [0.3, 0.4) is 0 Å². The lowest BCUT2D eigenvalue weighted by Gasteiger charge is -2.25. The van der Waals surface area contributed by atoms with Crippen LogP contribution in [0.25, 0.3) is 10.9 Å². The fourth-order valence-electron chi connectivity index (χ4n) is 1.97. The van der Waals surface area contributed by atoms with E-state index in [0.717, 1.165) is 35.1 Å². The molecule has 0 bridgehead atoms. The summed E-state index contributed by atoms with van der Waals surface area (Å²) in [5.41, 5.74) is 8.80. The van der Waals surface area contributed by atoms with Gasteiger partial charge in [0.15, 0.2) is 0 Å². The van der Waals surface area contributed by atoms with Crippen molar-refractivity contribution in [3.8, 4) is 0 Å². The predicted molar refractivity (Wildman–Crippen MR) is 90.2 cm³/mol. The number of thiocarbonyl (C=S) groups is 1. The second-order valence-corrected chi connectivity index (χ2v) is 6.24. The number of rotatable bonds is 5. The number of nitrogens with one attached hydrogen (secondary N) is 1. The van der Waals surface area contributed by atoms with E-state index in [1.807, 2.05) is 24.3 Å². The quantitative estimate of drug-likeness (QED) is 0.823. The van der Waals surface area contributed by atoms with Gasteiger partial charge in [0.2, 0.25) is 0 Å². The van der Waals surface area contributed by atoms with E-state index in [9.17, 15) is 0 Å². The van der Waals surface area contributed by atoms with Crippen molar-refractivity contribution in [1.29, 1.82) is 0 Å². The molecule has 0 atom stereocenters. The Hall–Kier alpha value is -1.68. The summed E-state index contributed by atoms with van der Waals surface area (Å²) >= 11 is 5.15. The number of anilines is 1. The summed E-state index contributed by atoms with van der Waals surface area (Å²) in [5, 5.41) is 4.58. The normalized spacial score (nSPS) is 11.6. The molecule has 2 rings (SSSR count). The molecule has 4 heteroatoms. The molecule has 0 aliphatic heterocycles. The van der Waals surface area contributed by atoms with Crippen molar-refractivity contribution in [3.63, 3.8) is 0 Å². The van der Waals surface area contributed by atoms with Crippen molar-refractivity contribution >= 4 is 33.8 Å². The van der Waals surface area contributed by atoms with Gasteiger partial charge in [-0.15, -0.1) is 0 Å². The Morgan fingerprint density at radius 1 is 1.35 bits per heavy atom. The zero-order chi connectivity index (χ0) is 14.8. The van der Waals surface area contributed by atoms with Crippen LogP contribution in [-0.2, 0) is 0 Å². The Kier molecular flexibility index (Phi) is 4.23.